The van der Waals surface area contributed by atoms with Crippen LogP contribution in [0.5, 0.6) is 0 Å². The minimum absolute atomic E-state index is 0.0313. The maximum absolute atomic E-state index is 10.7. The molecule has 74 valence electrons. The number of carbonyl (C=O) groups is 2. The van der Waals surface area contributed by atoms with Gasteiger partial charge in [0.05, 0.1) is 18.5 Å². The molecule has 6 nitrogen and oxygen atoms in total. The molecule has 0 saturated heterocycles. The van der Waals surface area contributed by atoms with E-state index in [0.29, 0.717) is 11.3 Å². The van der Waals surface area contributed by atoms with Crippen molar-refractivity contribution in [3.8, 4) is 0 Å². The minimum Gasteiger partial charge on any atom is -0.369 e. The molecule has 0 saturated carbocycles. The van der Waals surface area contributed by atoms with Gasteiger partial charge in [0, 0.05) is 6.20 Å². The summed E-state index contributed by atoms with van der Waals surface area (Å²) in [5.41, 5.74) is 11.0. The molecule has 2 amide bonds. The monoisotopic (exact) mass is 194 g/mol. The van der Waals surface area contributed by atoms with E-state index in [2.05, 4.69) is 10.2 Å². The lowest BCUT2D eigenvalue weighted by Crippen LogP contribution is -2.19. The van der Waals surface area contributed by atoms with Crippen LogP contribution in [0.15, 0.2) is 12.3 Å². The van der Waals surface area contributed by atoms with Crippen LogP contribution in [0.25, 0.3) is 0 Å². The first-order valence-electron chi connectivity index (χ1n) is 3.95. The maximum atomic E-state index is 10.7. The molecule has 0 bridgehead atoms. The van der Waals surface area contributed by atoms with Gasteiger partial charge in [-0.05, 0) is 11.6 Å². The van der Waals surface area contributed by atoms with Crippen molar-refractivity contribution in [3.63, 3.8) is 0 Å². The zero-order valence-electron chi connectivity index (χ0n) is 7.43. The van der Waals surface area contributed by atoms with E-state index in [1.807, 2.05) is 0 Å². The highest BCUT2D eigenvalue weighted by Crippen LogP contribution is 2.05. The second kappa shape index (κ2) is 4.31. The first-order valence-corrected chi connectivity index (χ1v) is 3.95. The summed E-state index contributed by atoms with van der Waals surface area (Å²) in [5.74, 6) is -1.00. The topological polar surface area (TPSA) is 112 Å². The number of carbonyl (C=O) groups excluding carboxylic acids is 2. The quantitative estimate of drug-likeness (QED) is 0.609. The zero-order chi connectivity index (χ0) is 10.6. The third-order valence-electron chi connectivity index (χ3n) is 1.60. The van der Waals surface area contributed by atoms with Crippen molar-refractivity contribution in [3.05, 3.63) is 23.5 Å². The van der Waals surface area contributed by atoms with Gasteiger partial charge in [-0.15, -0.1) is 0 Å². The van der Waals surface area contributed by atoms with E-state index in [4.69, 9.17) is 11.5 Å². The summed E-state index contributed by atoms with van der Waals surface area (Å²) < 4.78 is 0. The lowest BCUT2D eigenvalue weighted by molar-refractivity contribution is -0.118. The van der Waals surface area contributed by atoms with Crippen LogP contribution in [0.2, 0.25) is 0 Å². The number of aromatic nitrogens is 2. The van der Waals surface area contributed by atoms with Gasteiger partial charge in [0.15, 0.2) is 0 Å². The molecule has 0 fully saturated rings. The average molecular weight is 194 g/mol. The fraction of sp³-hybridized carbons (Fsp3) is 0.250. The summed E-state index contributed by atoms with van der Waals surface area (Å²) in [4.78, 5) is 21.3. The predicted octanol–water partition coefficient (Wildman–Crippen LogP) is -1.47. The number of nitrogens with zero attached hydrogens (tertiary/aromatic N) is 2. The van der Waals surface area contributed by atoms with E-state index in [1.165, 1.54) is 6.20 Å². The van der Waals surface area contributed by atoms with E-state index >= 15 is 0 Å². The van der Waals surface area contributed by atoms with Crippen molar-refractivity contribution in [2.24, 2.45) is 11.5 Å². The number of primary amides is 2. The van der Waals surface area contributed by atoms with Crippen molar-refractivity contribution in [2.45, 2.75) is 12.8 Å². The molecule has 1 rings (SSSR count). The summed E-state index contributed by atoms with van der Waals surface area (Å²) in [6.07, 6.45) is 1.44. The van der Waals surface area contributed by atoms with Crippen molar-refractivity contribution in [1.82, 2.24) is 10.2 Å². The average Bonchev–Trinajstić information content (AvgIpc) is 2.06. The number of hydrogen-bond acceptors (Lipinski definition) is 4. The molecule has 1 aromatic rings. The molecule has 0 aliphatic heterocycles. The van der Waals surface area contributed by atoms with Gasteiger partial charge in [-0.25, -0.2) is 0 Å². The van der Waals surface area contributed by atoms with Crippen molar-refractivity contribution in [2.75, 3.05) is 0 Å². The van der Waals surface area contributed by atoms with E-state index in [0.717, 1.165) is 0 Å². The predicted molar refractivity (Wildman–Crippen MR) is 47.8 cm³/mol. The first kappa shape index (κ1) is 10.1. The van der Waals surface area contributed by atoms with Gasteiger partial charge in [0.2, 0.25) is 11.8 Å². The maximum Gasteiger partial charge on any atom is 0.223 e. The third kappa shape index (κ3) is 2.81. The van der Waals surface area contributed by atoms with E-state index in [-0.39, 0.29) is 12.8 Å². The highest BCUT2D eigenvalue weighted by Gasteiger charge is 2.09. The Morgan fingerprint density at radius 1 is 1.21 bits per heavy atom. The lowest BCUT2D eigenvalue weighted by Gasteiger charge is -2.02. The van der Waals surface area contributed by atoms with Gasteiger partial charge in [-0.1, -0.05) is 0 Å². The van der Waals surface area contributed by atoms with Gasteiger partial charge in [-0.3, -0.25) is 9.59 Å². The summed E-state index contributed by atoms with van der Waals surface area (Å²) in [6.45, 7) is 0. The van der Waals surface area contributed by atoms with Gasteiger partial charge in [0.1, 0.15) is 0 Å². The number of hydrogen-bond donors (Lipinski definition) is 2. The van der Waals surface area contributed by atoms with E-state index < -0.39 is 11.8 Å². The van der Waals surface area contributed by atoms with Crippen molar-refractivity contribution in [1.29, 1.82) is 0 Å². The molecule has 0 unspecified atom stereocenters. The lowest BCUT2D eigenvalue weighted by atomic mass is 10.1. The normalized spacial score (nSPS) is 9.71. The van der Waals surface area contributed by atoms with Crippen LogP contribution < -0.4 is 11.5 Å². The largest absolute Gasteiger partial charge is 0.369 e. The minimum atomic E-state index is -0.517. The Morgan fingerprint density at radius 2 is 1.86 bits per heavy atom. The fourth-order valence-corrected chi connectivity index (χ4v) is 1.05. The summed E-state index contributed by atoms with van der Waals surface area (Å²) in [7, 11) is 0. The Labute approximate surface area is 80.3 Å². The molecule has 0 aliphatic rings. The third-order valence-corrected chi connectivity index (χ3v) is 1.60. The molecule has 14 heavy (non-hydrogen) atoms. The van der Waals surface area contributed by atoms with Crippen LogP contribution in [0.1, 0.15) is 11.3 Å². The molecular weight excluding hydrogens is 184 g/mol. The number of amides is 2. The van der Waals surface area contributed by atoms with E-state index in [1.54, 1.807) is 6.07 Å². The Hall–Kier alpha value is -1.98. The zero-order valence-corrected chi connectivity index (χ0v) is 7.43. The van der Waals surface area contributed by atoms with Gasteiger partial charge >= 0.3 is 0 Å². The van der Waals surface area contributed by atoms with Crippen LogP contribution in [0, 0.1) is 0 Å². The molecule has 1 heterocycles. The SMILES string of the molecule is NC(=O)Cc1ccnnc1CC(N)=O. The molecule has 0 aromatic carbocycles. The van der Waals surface area contributed by atoms with Crippen LogP contribution >= 0.6 is 0 Å². The summed E-state index contributed by atoms with van der Waals surface area (Å²) in [6, 6.07) is 1.59. The number of nitrogens with two attached hydrogens (primary N) is 2. The first-order chi connectivity index (χ1) is 6.59. The van der Waals surface area contributed by atoms with E-state index in [9.17, 15) is 9.59 Å². The van der Waals surface area contributed by atoms with Crippen molar-refractivity contribution >= 4 is 11.8 Å². The molecule has 6 heteroatoms. The standard InChI is InChI=1S/C8H10N4O2/c9-7(13)3-5-1-2-11-12-6(5)4-8(10)14/h1-2H,3-4H2,(H2,9,13)(H2,10,14). The highest BCUT2D eigenvalue weighted by molar-refractivity contribution is 5.79. The van der Waals surface area contributed by atoms with Crippen molar-refractivity contribution < 1.29 is 9.59 Å². The molecule has 0 aliphatic carbocycles. The molecule has 0 spiro atoms. The molecule has 0 atom stereocenters. The van der Waals surface area contributed by atoms with Crippen LogP contribution in [-0.4, -0.2) is 22.0 Å². The second-order valence-electron chi connectivity index (χ2n) is 2.79. The van der Waals surface area contributed by atoms with Crippen LogP contribution in [-0.2, 0) is 22.4 Å². The van der Waals surface area contributed by atoms with Crippen LogP contribution in [0.4, 0.5) is 0 Å². The Balaban J connectivity index is 2.90. The fourth-order valence-electron chi connectivity index (χ4n) is 1.05. The molecule has 4 N–H and O–H groups in total. The Bertz CT molecular complexity index is 329. The van der Waals surface area contributed by atoms with Gasteiger partial charge in [-0.2, -0.15) is 10.2 Å². The molecular formula is C8H10N4O2. The highest BCUT2D eigenvalue weighted by atomic mass is 16.1. The van der Waals surface area contributed by atoms with Gasteiger partial charge in [0.25, 0.3) is 0 Å². The molecule has 0 radical (unpaired) electrons. The molecule has 1 aromatic heterocycles. The van der Waals surface area contributed by atoms with Crippen LogP contribution in [0.3, 0.4) is 0 Å². The second-order valence-corrected chi connectivity index (χ2v) is 2.79. The van der Waals surface area contributed by atoms with Gasteiger partial charge < -0.3 is 11.5 Å². The summed E-state index contributed by atoms with van der Waals surface area (Å²) in [5, 5.41) is 7.31. The summed E-state index contributed by atoms with van der Waals surface area (Å²) >= 11 is 0. The smallest absolute Gasteiger partial charge is 0.223 e. The Kier molecular flexibility index (Phi) is 3.11. The number of rotatable bonds is 4. The Morgan fingerprint density at radius 3 is 2.43 bits per heavy atom.